The fourth-order valence-electron chi connectivity index (χ4n) is 3.82. The molecule has 4 rings (SSSR count). The number of hydrogen-bond donors (Lipinski definition) is 0. The van der Waals surface area contributed by atoms with Crippen LogP contribution in [0.2, 0.25) is 0 Å². The van der Waals surface area contributed by atoms with Crippen LogP contribution in [0, 0.1) is 31.0 Å². The van der Waals surface area contributed by atoms with E-state index in [1.54, 1.807) is 21.6 Å². The van der Waals surface area contributed by atoms with Crippen molar-refractivity contribution in [1.29, 1.82) is 5.26 Å². The Morgan fingerprint density at radius 2 is 1.97 bits per heavy atom. The van der Waals surface area contributed by atoms with Crippen molar-refractivity contribution < 1.29 is 13.9 Å². The number of thioether (sulfide) groups is 1. The molecule has 0 N–H and O–H groups in total. The molecule has 0 spiro atoms. The van der Waals surface area contributed by atoms with E-state index < -0.39 is 0 Å². The van der Waals surface area contributed by atoms with Gasteiger partial charge >= 0.3 is 0 Å². The molecule has 0 unspecified atom stereocenters. The molecule has 182 valence electrons. The third-order valence-corrected chi connectivity index (χ3v) is 6.77. The van der Waals surface area contributed by atoms with Crippen molar-refractivity contribution in [3.63, 3.8) is 0 Å². The molecule has 0 aliphatic carbocycles. The number of hydrogen-bond acceptors (Lipinski definition) is 7. The number of nitriles is 1. The summed E-state index contributed by atoms with van der Waals surface area (Å²) >= 11 is 1.24. The lowest BCUT2D eigenvalue weighted by Gasteiger charge is -2.28. The quantitative estimate of drug-likeness (QED) is 0.439. The van der Waals surface area contributed by atoms with Gasteiger partial charge in [0.25, 0.3) is 0 Å². The van der Waals surface area contributed by atoms with Crippen LogP contribution in [0.15, 0.2) is 47.6 Å². The van der Waals surface area contributed by atoms with Crippen LogP contribution >= 0.6 is 11.8 Å². The van der Waals surface area contributed by atoms with Crippen LogP contribution in [-0.4, -0.2) is 59.3 Å². The number of anilines is 2. The molecule has 1 amide bonds. The second-order valence-corrected chi connectivity index (χ2v) is 9.15. The van der Waals surface area contributed by atoms with Crippen molar-refractivity contribution in [2.24, 2.45) is 0 Å². The summed E-state index contributed by atoms with van der Waals surface area (Å²) in [6, 6.07) is 14.2. The highest BCUT2D eigenvalue weighted by molar-refractivity contribution is 7.99. The smallest absolute Gasteiger partial charge is 0.237 e. The van der Waals surface area contributed by atoms with E-state index in [1.807, 2.05) is 36.9 Å². The second kappa shape index (κ2) is 11.3. The summed E-state index contributed by atoms with van der Waals surface area (Å²) in [5.74, 6) is 0.169. The first-order valence-corrected chi connectivity index (χ1v) is 12.4. The Morgan fingerprint density at radius 1 is 1.17 bits per heavy atom. The van der Waals surface area contributed by atoms with E-state index >= 15 is 0 Å². The molecule has 35 heavy (non-hydrogen) atoms. The first-order chi connectivity index (χ1) is 17.0. The largest absolute Gasteiger partial charge is 0.378 e. The Kier molecular flexibility index (Phi) is 8.00. The van der Waals surface area contributed by atoms with Crippen LogP contribution < -0.4 is 9.80 Å². The molecule has 0 bridgehead atoms. The van der Waals surface area contributed by atoms with Crippen LogP contribution in [0.4, 0.5) is 16.0 Å². The zero-order valence-electron chi connectivity index (χ0n) is 19.8. The molecular weight excluding hydrogens is 467 g/mol. The Hall–Kier alpha value is -3.42. The minimum absolute atomic E-state index is 0.0922. The minimum atomic E-state index is -0.367. The Bertz CT molecular complexity index is 1230. The topological polar surface area (TPSA) is 87.3 Å². The lowest BCUT2D eigenvalue weighted by Crippen LogP contribution is -2.38. The fourth-order valence-corrected chi connectivity index (χ4v) is 4.65. The van der Waals surface area contributed by atoms with Crippen LogP contribution in [0.25, 0.3) is 5.69 Å². The normalized spacial score (nSPS) is 13.5. The molecule has 0 radical (unpaired) electrons. The summed E-state index contributed by atoms with van der Waals surface area (Å²) in [5.41, 5.74) is 3.55. The molecule has 1 aliphatic heterocycles. The zero-order chi connectivity index (χ0) is 24.8. The molecule has 1 aliphatic rings. The first kappa shape index (κ1) is 24.7. The fraction of sp³-hybridized carbons (Fsp3) is 0.360. The van der Waals surface area contributed by atoms with Gasteiger partial charge in [-0.25, -0.2) is 4.39 Å². The minimum Gasteiger partial charge on any atom is -0.378 e. The van der Waals surface area contributed by atoms with Crippen molar-refractivity contribution in [3.8, 4) is 11.8 Å². The molecule has 1 fully saturated rings. The number of aryl methyl sites for hydroxylation is 2. The van der Waals surface area contributed by atoms with E-state index in [1.165, 1.54) is 23.9 Å². The van der Waals surface area contributed by atoms with Gasteiger partial charge in [-0.2, -0.15) is 5.26 Å². The first-order valence-electron chi connectivity index (χ1n) is 11.4. The number of nitrogens with zero attached hydrogens (tertiary/aromatic N) is 6. The van der Waals surface area contributed by atoms with Crippen molar-refractivity contribution in [1.82, 2.24) is 14.8 Å². The standard InChI is InChI=1S/C25H27FN6O2S/c1-18-7-8-21(15-19(18)2)31(10-4-9-27)23(33)17-35-25-29-28-24(30-11-13-34-14-12-30)32(25)22-6-3-5-20(26)16-22/h3,5-8,15-16H,4,10-14,17H2,1-2H3. The molecule has 3 aromatic rings. The van der Waals surface area contributed by atoms with Gasteiger partial charge in [-0.15, -0.1) is 10.2 Å². The van der Waals surface area contributed by atoms with Gasteiger partial charge in [0.15, 0.2) is 5.16 Å². The van der Waals surface area contributed by atoms with Gasteiger partial charge in [-0.3, -0.25) is 9.36 Å². The van der Waals surface area contributed by atoms with Crippen molar-refractivity contribution in [2.75, 3.05) is 48.4 Å². The predicted octanol–water partition coefficient (Wildman–Crippen LogP) is 3.90. The highest BCUT2D eigenvalue weighted by Crippen LogP contribution is 2.28. The van der Waals surface area contributed by atoms with Crippen LogP contribution in [0.3, 0.4) is 0 Å². The number of rotatable bonds is 8. The highest BCUT2D eigenvalue weighted by Gasteiger charge is 2.24. The van der Waals surface area contributed by atoms with Gasteiger partial charge < -0.3 is 14.5 Å². The van der Waals surface area contributed by atoms with Gasteiger partial charge in [-0.1, -0.05) is 23.9 Å². The van der Waals surface area contributed by atoms with Gasteiger partial charge in [0.1, 0.15) is 5.82 Å². The van der Waals surface area contributed by atoms with E-state index in [2.05, 4.69) is 16.3 Å². The highest BCUT2D eigenvalue weighted by atomic mass is 32.2. The molecule has 10 heteroatoms. The molecule has 1 saturated heterocycles. The van der Waals surface area contributed by atoms with E-state index in [4.69, 9.17) is 10.00 Å². The van der Waals surface area contributed by atoms with Crippen LogP contribution in [-0.2, 0) is 9.53 Å². The lowest BCUT2D eigenvalue weighted by atomic mass is 10.1. The van der Waals surface area contributed by atoms with E-state index in [0.29, 0.717) is 49.6 Å². The summed E-state index contributed by atoms with van der Waals surface area (Å²) in [5, 5.41) is 18.3. The Labute approximate surface area is 208 Å². The maximum Gasteiger partial charge on any atom is 0.237 e. The van der Waals surface area contributed by atoms with Crippen LogP contribution in [0.5, 0.6) is 0 Å². The number of benzene rings is 2. The SMILES string of the molecule is Cc1ccc(N(CCC#N)C(=O)CSc2nnc(N3CCOCC3)n2-c2cccc(F)c2)cc1C. The maximum atomic E-state index is 14.1. The van der Waals surface area contributed by atoms with Gasteiger partial charge in [-0.05, 0) is 55.3 Å². The van der Waals surface area contributed by atoms with Gasteiger partial charge in [0.05, 0.1) is 37.1 Å². The number of carbonyl (C=O) groups excluding carboxylic acids is 1. The average molecular weight is 495 g/mol. The summed E-state index contributed by atoms with van der Waals surface area (Å²) < 4.78 is 21.3. The molecular formula is C25H27FN6O2S. The number of ether oxygens (including phenoxy) is 1. The number of halogens is 1. The Morgan fingerprint density at radius 3 is 2.69 bits per heavy atom. The van der Waals surface area contributed by atoms with Gasteiger partial charge in [0, 0.05) is 25.3 Å². The van der Waals surface area contributed by atoms with Crippen molar-refractivity contribution in [3.05, 3.63) is 59.4 Å². The Balaban J connectivity index is 1.60. The average Bonchev–Trinajstić information content (AvgIpc) is 3.29. The second-order valence-electron chi connectivity index (χ2n) is 8.21. The van der Waals surface area contributed by atoms with Crippen molar-refractivity contribution >= 4 is 29.3 Å². The third-order valence-electron chi connectivity index (χ3n) is 5.85. The number of morpholine rings is 1. The van der Waals surface area contributed by atoms with E-state index in [-0.39, 0.29) is 23.9 Å². The monoisotopic (exact) mass is 494 g/mol. The van der Waals surface area contributed by atoms with E-state index in [9.17, 15) is 9.18 Å². The maximum absolute atomic E-state index is 14.1. The summed E-state index contributed by atoms with van der Waals surface area (Å²) in [6.07, 6.45) is 0.226. The third kappa shape index (κ3) is 5.81. The van der Waals surface area contributed by atoms with E-state index in [0.717, 1.165) is 16.8 Å². The summed E-state index contributed by atoms with van der Waals surface area (Å²) in [4.78, 5) is 17.0. The van der Waals surface area contributed by atoms with Gasteiger partial charge in [0.2, 0.25) is 11.9 Å². The molecule has 0 atom stereocenters. The molecule has 8 nitrogen and oxygen atoms in total. The van der Waals surface area contributed by atoms with Crippen molar-refractivity contribution in [2.45, 2.75) is 25.4 Å². The number of carbonyl (C=O) groups is 1. The van der Waals surface area contributed by atoms with Crippen LogP contribution in [0.1, 0.15) is 17.5 Å². The molecule has 2 aromatic carbocycles. The molecule has 0 saturated carbocycles. The lowest BCUT2D eigenvalue weighted by molar-refractivity contribution is -0.116. The number of amides is 1. The summed E-state index contributed by atoms with van der Waals surface area (Å²) in [6.45, 7) is 6.74. The molecule has 2 heterocycles. The molecule has 1 aromatic heterocycles. The summed E-state index contributed by atoms with van der Waals surface area (Å²) in [7, 11) is 0. The predicted molar refractivity (Wildman–Crippen MR) is 134 cm³/mol. The number of aromatic nitrogens is 3. The zero-order valence-corrected chi connectivity index (χ0v) is 20.6.